The highest BCUT2D eigenvalue weighted by Gasteiger charge is 2.17. The van der Waals surface area contributed by atoms with Crippen LogP contribution in [0.3, 0.4) is 0 Å². The lowest BCUT2D eigenvalue weighted by Gasteiger charge is -2.23. The summed E-state index contributed by atoms with van der Waals surface area (Å²) in [5, 5.41) is 13.8. The Morgan fingerprint density at radius 3 is 3.19 bits per heavy atom. The summed E-state index contributed by atoms with van der Waals surface area (Å²) in [7, 11) is 0. The summed E-state index contributed by atoms with van der Waals surface area (Å²) in [4.78, 5) is 0. The molecule has 0 radical (unpaired) electrons. The van der Waals surface area contributed by atoms with Crippen molar-refractivity contribution in [3.63, 3.8) is 0 Å². The summed E-state index contributed by atoms with van der Waals surface area (Å²) in [5.74, 6) is 0.836. The number of hydrogen-bond acceptors (Lipinski definition) is 3. The smallest absolute Gasteiger partial charge is 0.131 e. The lowest BCUT2D eigenvalue weighted by atomic mass is 9.99. The molecule has 0 saturated carbocycles. The number of aliphatic hydroxyl groups excluding tert-OH is 1. The van der Waals surface area contributed by atoms with E-state index in [1.54, 1.807) is 0 Å². The van der Waals surface area contributed by atoms with Crippen LogP contribution >= 0.6 is 15.9 Å². The highest BCUT2D eigenvalue weighted by Crippen LogP contribution is 2.25. The van der Waals surface area contributed by atoms with E-state index < -0.39 is 6.23 Å². The van der Waals surface area contributed by atoms with E-state index in [9.17, 15) is 5.11 Å². The first kappa shape index (κ1) is 11.9. The van der Waals surface area contributed by atoms with Crippen LogP contribution in [0.2, 0.25) is 0 Å². The predicted molar refractivity (Wildman–Crippen MR) is 67.0 cm³/mol. The number of alkyl halides is 1. The monoisotopic (exact) mass is 285 g/mol. The van der Waals surface area contributed by atoms with Crippen molar-refractivity contribution in [2.24, 2.45) is 0 Å². The van der Waals surface area contributed by atoms with E-state index in [0.717, 1.165) is 36.0 Å². The van der Waals surface area contributed by atoms with E-state index in [2.05, 4.69) is 21.2 Å². The number of ether oxygens (including phenoxy) is 1. The second-order valence-corrected chi connectivity index (χ2v) is 4.65. The Morgan fingerprint density at radius 1 is 1.50 bits per heavy atom. The molecule has 0 fully saturated rings. The van der Waals surface area contributed by atoms with E-state index >= 15 is 0 Å². The van der Waals surface area contributed by atoms with Crippen molar-refractivity contribution in [3.8, 4) is 5.75 Å². The van der Waals surface area contributed by atoms with Crippen LogP contribution < -0.4 is 10.1 Å². The first-order valence-corrected chi connectivity index (χ1v) is 6.66. The van der Waals surface area contributed by atoms with Gasteiger partial charge in [0, 0.05) is 17.4 Å². The molecule has 1 heterocycles. The number of halogens is 1. The molecule has 4 heteroatoms. The SMILES string of the molecule is OC1NCCc2ccc(OCCCBr)cc21. The molecule has 3 nitrogen and oxygen atoms in total. The van der Waals surface area contributed by atoms with Crippen LogP contribution in [0.5, 0.6) is 5.75 Å². The summed E-state index contributed by atoms with van der Waals surface area (Å²) in [5.41, 5.74) is 2.15. The molecule has 88 valence electrons. The van der Waals surface area contributed by atoms with Gasteiger partial charge in [-0.2, -0.15) is 0 Å². The number of hydrogen-bond donors (Lipinski definition) is 2. The lowest BCUT2D eigenvalue weighted by molar-refractivity contribution is 0.131. The Hall–Kier alpha value is -0.580. The van der Waals surface area contributed by atoms with Crippen LogP contribution in [-0.4, -0.2) is 23.6 Å². The summed E-state index contributed by atoms with van der Waals surface area (Å²) in [6.45, 7) is 1.53. The third-order valence-corrected chi connectivity index (χ3v) is 3.25. The van der Waals surface area contributed by atoms with Crippen LogP contribution in [0.15, 0.2) is 18.2 Å². The molecule has 16 heavy (non-hydrogen) atoms. The highest BCUT2D eigenvalue weighted by molar-refractivity contribution is 9.09. The van der Waals surface area contributed by atoms with Crippen molar-refractivity contribution in [3.05, 3.63) is 29.3 Å². The molecule has 2 N–H and O–H groups in total. The molecule has 0 bridgehead atoms. The van der Waals surface area contributed by atoms with Crippen LogP contribution in [0.25, 0.3) is 0 Å². The maximum absolute atomic E-state index is 9.78. The van der Waals surface area contributed by atoms with Crippen molar-refractivity contribution in [1.82, 2.24) is 5.32 Å². The molecule has 1 atom stereocenters. The Kier molecular flexibility index (Phi) is 4.21. The molecule has 2 rings (SSSR count). The van der Waals surface area contributed by atoms with Gasteiger partial charge in [-0.15, -0.1) is 0 Å². The Balaban J connectivity index is 2.08. The molecule has 0 amide bonds. The zero-order valence-corrected chi connectivity index (χ0v) is 10.7. The van der Waals surface area contributed by atoms with Crippen molar-refractivity contribution < 1.29 is 9.84 Å². The third kappa shape index (κ3) is 2.75. The van der Waals surface area contributed by atoms with Crippen LogP contribution in [0.4, 0.5) is 0 Å². The Morgan fingerprint density at radius 2 is 2.38 bits per heavy atom. The zero-order chi connectivity index (χ0) is 11.4. The summed E-state index contributed by atoms with van der Waals surface area (Å²) in [6.07, 6.45) is 1.40. The van der Waals surface area contributed by atoms with Gasteiger partial charge in [0.2, 0.25) is 0 Å². The van der Waals surface area contributed by atoms with Crippen LogP contribution in [0, 0.1) is 0 Å². The normalized spacial score (nSPS) is 19.2. The average molecular weight is 286 g/mol. The number of aliphatic hydroxyl groups is 1. The van der Waals surface area contributed by atoms with Gasteiger partial charge >= 0.3 is 0 Å². The molecule has 1 aromatic carbocycles. The molecule has 1 aromatic rings. The maximum Gasteiger partial charge on any atom is 0.131 e. The number of fused-ring (bicyclic) bond motifs is 1. The number of nitrogens with one attached hydrogen (secondary N) is 1. The van der Waals surface area contributed by atoms with E-state index in [0.29, 0.717) is 6.61 Å². The summed E-state index contributed by atoms with van der Waals surface area (Å²) in [6, 6.07) is 5.95. The Labute approximate surface area is 104 Å². The minimum absolute atomic E-state index is 0.552. The van der Waals surface area contributed by atoms with E-state index in [4.69, 9.17) is 4.74 Å². The first-order chi connectivity index (χ1) is 7.81. The minimum Gasteiger partial charge on any atom is -0.494 e. The first-order valence-electron chi connectivity index (χ1n) is 5.54. The van der Waals surface area contributed by atoms with Crippen molar-refractivity contribution in [1.29, 1.82) is 0 Å². The van der Waals surface area contributed by atoms with Gasteiger partial charge in [-0.05, 0) is 30.5 Å². The van der Waals surface area contributed by atoms with Crippen molar-refractivity contribution in [2.75, 3.05) is 18.5 Å². The highest BCUT2D eigenvalue weighted by atomic mass is 79.9. The van der Waals surface area contributed by atoms with E-state index in [1.165, 1.54) is 5.56 Å². The zero-order valence-electron chi connectivity index (χ0n) is 9.08. The fourth-order valence-electron chi connectivity index (χ4n) is 1.84. The number of benzene rings is 1. The largest absolute Gasteiger partial charge is 0.494 e. The van der Waals surface area contributed by atoms with Crippen molar-refractivity contribution >= 4 is 15.9 Å². The van der Waals surface area contributed by atoms with Gasteiger partial charge < -0.3 is 9.84 Å². The van der Waals surface area contributed by atoms with E-state index in [1.807, 2.05) is 18.2 Å². The number of rotatable bonds is 4. The third-order valence-electron chi connectivity index (χ3n) is 2.69. The van der Waals surface area contributed by atoms with Crippen LogP contribution in [-0.2, 0) is 6.42 Å². The maximum atomic E-state index is 9.78. The van der Waals surface area contributed by atoms with Gasteiger partial charge in [0.1, 0.15) is 12.0 Å². The Bertz CT molecular complexity index is 357. The molecule has 1 aliphatic rings. The van der Waals surface area contributed by atoms with Crippen LogP contribution in [0.1, 0.15) is 23.8 Å². The van der Waals surface area contributed by atoms with Crippen molar-refractivity contribution in [2.45, 2.75) is 19.1 Å². The molecule has 0 spiro atoms. The summed E-state index contributed by atoms with van der Waals surface area (Å²) >= 11 is 3.36. The molecule has 0 saturated heterocycles. The second-order valence-electron chi connectivity index (χ2n) is 3.86. The van der Waals surface area contributed by atoms with Gasteiger partial charge in [0.25, 0.3) is 0 Å². The quantitative estimate of drug-likeness (QED) is 0.657. The molecular formula is C12H16BrNO2. The second kappa shape index (κ2) is 5.66. The van der Waals surface area contributed by atoms with Gasteiger partial charge in [-0.25, -0.2) is 0 Å². The standard InChI is InChI=1S/C12H16BrNO2/c13-5-1-7-16-10-3-2-9-4-6-14-12(15)11(9)8-10/h2-3,8,12,14-15H,1,4-7H2. The average Bonchev–Trinajstić information content (AvgIpc) is 2.30. The molecule has 0 aliphatic carbocycles. The topological polar surface area (TPSA) is 41.5 Å². The minimum atomic E-state index is -0.552. The molecule has 1 aliphatic heterocycles. The van der Waals surface area contributed by atoms with Gasteiger partial charge in [0.05, 0.1) is 6.61 Å². The van der Waals surface area contributed by atoms with Gasteiger partial charge in [-0.3, -0.25) is 5.32 Å². The molecule has 0 aromatic heterocycles. The molecule has 1 unspecified atom stereocenters. The van der Waals surface area contributed by atoms with E-state index in [-0.39, 0.29) is 0 Å². The fourth-order valence-corrected chi connectivity index (χ4v) is 2.07. The predicted octanol–water partition coefficient (Wildman–Crippen LogP) is 1.99. The molecular weight excluding hydrogens is 270 g/mol. The fraction of sp³-hybridized carbons (Fsp3) is 0.500. The van der Waals surface area contributed by atoms with Gasteiger partial charge in [-0.1, -0.05) is 22.0 Å². The summed E-state index contributed by atoms with van der Waals surface area (Å²) < 4.78 is 5.59. The lowest BCUT2D eigenvalue weighted by Crippen LogP contribution is -2.29. The van der Waals surface area contributed by atoms with Gasteiger partial charge in [0.15, 0.2) is 0 Å².